The van der Waals surface area contributed by atoms with Crippen molar-refractivity contribution in [2.45, 2.75) is 13.2 Å². The predicted molar refractivity (Wildman–Crippen MR) is 127 cm³/mol. The van der Waals surface area contributed by atoms with E-state index in [0.717, 1.165) is 17.3 Å². The van der Waals surface area contributed by atoms with E-state index in [9.17, 15) is 14.0 Å². The number of hydrogen-bond acceptors (Lipinski definition) is 5. The van der Waals surface area contributed by atoms with Crippen molar-refractivity contribution >= 4 is 40.6 Å². The summed E-state index contributed by atoms with van der Waals surface area (Å²) in [6.45, 7) is 0.158. The SMILES string of the molecule is COc1ccc(/C=C2\SC(=O)N(Cc3cccc(Cl)c3)C2=O)cc1OCc1ccccc1F. The summed E-state index contributed by atoms with van der Waals surface area (Å²) in [5.74, 6) is 0.126. The van der Waals surface area contributed by atoms with Gasteiger partial charge < -0.3 is 9.47 Å². The summed E-state index contributed by atoms with van der Waals surface area (Å²) in [4.78, 5) is 26.8. The fourth-order valence-electron chi connectivity index (χ4n) is 3.27. The van der Waals surface area contributed by atoms with Gasteiger partial charge in [0, 0.05) is 10.6 Å². The third-order valence-corrected chi connectivity index (χ3v) is 6.07. The minimum Gasteiger partial charge on any atom is -0.493 e. The van der Waals surface area contributed by atoms with Crippen molar-refractivity contribution in [3.05, 3.63) is 99.2 Å². The Morgan fingerprint density at radius 3 is 2.61 bits per heavy atom. The molecule has 0 saturated carbocycles. The van der Waals surface area contributed by atoms with E-state index in [-0.39, 0.29) is 30.1 Å². The van der Waals surface area contributed by atoms with E-state index in [1.54, 1.807) is 60.7 Å². The average molecular weight is 484 g/mol. The largest absolute Gasteiger partial charge is 0.493 e. The van der Waals surface area contributed by atoms with Crippen LogP contribution in [0.2, 0.25) is 5.02 Å². The quantitative estimate of drug-likeness (QED) is 0.369. The summed E-state index contributed by atoms with van der Waals surface area (Å²) >= 11 is 6.88. The first-order valence-electron chi connectivity index (χ1n) is 9.98. The molecule has 2 amide bonds. The molecule has 8 heteroatoms. The third kappa shape index (κ3) is 5.38. The van der Waals surface area contributed by atoms with Crippen LogP contribution >= 0.6 is 23.4 Å². The molecule has 1 heterocycles. The lowest BCUT2D eigenvalue weighted by Gasteiger charge is -2.13. The molecular formula is C25H19ClFNO4S. The van der Waals surface area contributed by atoms with Gasteiger partial charge in [0.1, 0.15) is 12.4 Å². The molecule has 0 unspecified atom stereocenters. The van der Waals surface area contributed by atoms with E-state index in [4.69, 9.17) is 21.1 Å². The maximum atomic E-state index is 13.9. The Labute approximate surface area is 199 Å². The molecule has 0 bridgehead atoms. The van der Waals surface area contributed by atoms with E-state index in [1.807, 2.05) is 6.07 Å². The number of nitrogens with zero attached hydrogens (tertiary/aromatic N) is 1. The fraction of sp³-hybridized carbons (Fsp3) is 0.120. The second-order valence-electron chi connectivity index (χ2n) is 7.19. The highest BCUT2D eigenvalue weighted by atomic mass is 35.5. The summed E-state index contributed by atoms with van der Waals surface area (Å²) in [7, 11) is 1.51. The number of ether oxygens (including phenoxy) is 2. The van der Waals surface area contributed by atoms with Crippen LogP contribution in [0, 0.1) is 5.82 Å². The number of imide groups is 1. The molecule has 0 radical (unpaired) electrons. The van der Waals surface area contributed by atoms with Crippen LogP contribution in [-0.4, -0.2) is 23.2 Å². The van der Waals surface area contributed by atoms with Gasteiger partial charge in [0.15, 0.2) is 11.5 Å². The number of hydrogen-bond donors (Lipinski definition) is 0. The minimum atomic E-state index is -0.380. The first-order valence-corrected chi connectivity index (χ1v) is 11.2. The van der Waals surface area contributed by atoms with E-state index >= 15 is 0 Å². The van der Waals surface area contributed by atoms with Crippen LogP contribution in [0.4, 0.5) is 9.18 Å². The predicted octanol–water partition coefficient (Wildman–Crippen LogP) is 6.30. The fourth-order valence-corrected chi connectivity index (χ4v) is 4.32. The molecule has 168 valence electrons. The molecule has 0 N–H and O–H groups in total. The number of carbonyl (C=O) groups is 2. The molecule has 5 nitrogen and oxygen atoms in total. The molecule has 0 aliphatic carbocycles. The molecule has 1 aliphatic rings. The summed E-state index contributed by atoms with van der Waals surface area (Å²) in [5.41, 5.74) is 1.82. The van der Waals surface area contributed by atoms with Gasteiger partial charge in [-0.15, -0.1) is 0 Å². The minimum absolute atomic E-state index is 0.0165. The van der Waals surface area contributed by atoms with Crippen molar-refractivity contribution < 1.29 is 23.5 Å². The Kier molecular flexibility index (Phi) is 7.01. The van der Waals surface area contributed by atoms with Crippen LogP contribution < -0.4 is 9.47 Å². The Hall–Kier alpha value is -3.29. The topological polar surface area (TPSA) is 55.8 Å². The molecule has 1 aliphatic heterocycles. The number of amides is 2. The zero-order valence-electron chi connectivity index (χ0n) is 17.6. The molecular weight excluding hydrogens is 465 g/mol. The van der Waals surface area contributed by atoms with Gasteiger partial charge in [-0.05, 0) is 59.3 Å². The second kappa shape index (κ2) is 10.1. The average Bonchev–Trinajstić information content (AvgIpc) is 3.06. The van der Waals surface area contributed by atoms with Gasteiger partial charge in [0.25, 0.3) is 11.1 Å². The van der Waals surface area contributed by atoms with Crippen molar-refractivity contribution in [3.63, 3.8) is 0 Å². The lowest BCUT2D eigenvalue weighted by atomic mass is 10.1. The highest BCUT2D eigenvalue weighted by Gasteiger charge is 2.35. The number of benzene rings is 3. The van der Waals surface area contributed by atoms with E-state index in [2.05, 4.69) is 0 Å². The van der Waals surface area contributed by atoms with Gasteiger partial charge in [0.05, 0.1) is 18.6 Å². The Bertz CT molecular complexity index is 1250. The smallest absolute Gasteiger partial charge is 0.293 e. The Balaban J connectivity index is 1.53. The van der Waals surface area contributed by atoms with Crippen LogP contribution in [0.5, 0.6) is 11.5 Å². The second-order valence-corrected chi connectivity index (χ2v) is 8.62. The molecule has 0 aromatic heterocycles. The van der Waals surface area contributed by atoms with Crippen LogP contribution in [0.25, 0.3) is 6.08 Å². The van der Waals surface area contributed by atoms with Crippen molar-refractivity contribution in [3.8, 4) is 11.5 Å². The lowest BCUT2D eigenvalue weighted by Crippen LogP contribution is -2.27. The molecule has 1 saturated heterocycles. The summed E-state index contributed by atoms with van der Waals surface area (Å²) in [5, 5.41) is 0.187. The Morgan fingerprint density at radius 1 is 1.03 bits per heavy atom. The molecule has 4 rings (SSSR count). The van der Waals surface area contributed by atoms with Crippen LogP contribution in [0.3, 0.4) is 0 Å². The number of halogens is 2. The zero-order valence-corrected chi connectivity index (χ0v) is 19.2. The normalized spacial score (nSPS) is 14.8. The van der Waals surface area contributed by atoms with Gasteiger partial charge in [-0.1, -0.05) is 48.0 Å². The first kappa shape index (κ1) is 22.9. The van der Waals surface area contributed by atoms with Crippen molar-refractivity contribution in [2.75, 3.05) is 7.11 Å². The standard InChI is InChI=1S/C25H19ClFNO4S/c1-31-21-10-9-16(12-22(21)32-15-18-6-2-3-8-20(18)27)13-23-24(29)28(25(30)33-23)14-17-5-4-7-19(26)11-17/h2-13H,14-15H2,1H3/b23-13-. The maximum absolute atomic E-state index is 13.9. The summed E-state index contributed by atoms with van der Waals surface area (Å²) in [6, 6.07) is 18.5. The summed E-state index contributed by atoms with van der Waals surface area (Å²) in [6.07, 6.45) is 1.62. The van der Waals surface area contributed by atoms with Crippen LogP contribution in [-0.2, 0) is 17.9 Å². The highest BCUT2D eigenvalue weighted by Crippen LogP contribution is 2.35. The number of carbonyl (C=O) groups excluding carboxylic acids is 2. The third-order valence-electron chi connectivity index (χ3n) is 4.93. The zero-order chi connectivity index (χ0) is 23.4. The molecule has 0 atom stereocenters. The highest BCUT2D eigenvalue weighted by molar-refractivity contribution is 8.18. The molecule has 3 aromatic carbocycles. The van der Waals surface area contributed by atoms with Gasteiger partial charge in [-0.2, -0.15) is 0 Å². The van der Waals surface area contributed by atoms with E-state index in [1.165, 1.54) is 18.1 Å². The lowest BCUT2D eigenvalue weighted by molar-refractivity contribution is -0.123. The number of thioether (sulfide) groups is 1. The van der Waals surface area contributed by atoms with E-state index in [0.29, 0.717) is 32.6 Å². The van der Waals surface area contributed by atoms with Gasteiger partial charge in [0.2, 0.25) is 0 Å². The molecule has 3 aromatic rings. The van der Waals surface area contributed by atoms with Gasteiger partial charge in [-0.25, -0.2) is 4.39 Å². The Morgan fingerprint density at radius 2 is 1.85 bits per heavy atom. The van der Waals surface area contributed by atoms with Crippen LogP contribution in [0.1, 0.15) is 16.7 Å². The van der Waals surface area contributed by atoms with Gasteiger partial charge in [-0.3, -0.25) is 14.5 Å². The van der Waals surface area contributed by atoms with Gasteiger partial charge >= 0.3 is 0 Å². The number of rotatable bonds is 7. The maximum Gasteiger partial charge on any atom is 0.293 e. The van der Waals surface area contributed by atoms with Crippen molar-refractivity contribution in [1.82, 2.24) is 4.90 Å². The number of methoxy groups -OCH3 is 1. The molecule has 33 heavy (non-hydrogen) atoms. The van der Waals surface area contributed by atoms with E-state index < -0.39 is 0 Å². The monoisotopic (exact) mass is 483 g/mol. The van der Waals surface area contributed by atoms with Crippen molar-refractivity contribution in [1.29, 1.82) is 0 Å². The molecule has 0 spiro atoms. The van der Waals surface area contributed by atoms with Crippen molar-refractivity contribution in [2.24, 2.45) is 0 Å². The summed E-state index contributed by atoms with van der Waals surface area (Å²) < 4.78 is 25.0. The molecule has 1 fully saturated rings. The first-order chi connectivity index (χ1) is 15.9. The van der Waals surface area contributed by atoms with Crippen LogP contribution in [0.15, 0.2) is 71.6 Å².